The highest BCUT2D eigenvalue weighted by Crippen LogP contribution is 2.69. The molecule has 0 unspecified atom stereocenters. The summed E-state index contributed by atoms with van der Waals surface area (Å²) in [7, 11) is 0. The van der Waals surface area contributed by atoms with Gasteiger partial charge in [0.2, 0.25) is 5.78 Å². The number of Topliss-reactive ketones (excluding diaryl/α,β-unsaturated/α-hetero) is 1. The lowest BCUT2D eigenvalue weighted by Gasteiger charge is -2.62. The monoisotopic (exact) mass is 646 g/mol. The zero-order chi connectivity index (χ0) is 33.7. The second-order valence-corrected chi connectivity index (χ2v) is 12.8. The van der Waals surface area contributed by atoms with Crippen LogP contribution in [0.4, 0.5) is 9.18 Å². The van der Waals surface area contributed by atoms with Crippen molar-refractivity contribution in [2.24, 2.45) is 22.7 Å². The minimum atomic E-state index is -2.48. The fourth-order valence-corrected chi connectivity index (χ4v) is 8.15. The van der Waals surface area contributed by atoms with Gasteiger partial charge in [0.15, 0.2) is 23.7 Å². The summed E-state index contributed by atoms with van der Waals surface area (Å²) in [4.78, 5) is 64.6. The van der Waals surface area contributed by atoms with E-state index in [0.717, 1.165) is 0 Å². The molecule has 4 N–H and O–H groups in total. The molecule has 0 spiro atoms. The SMILES string of the molecule is C[C@]12C=CC(=O)C=C1CC[C@H]1[C@@H]3C[C@@H](O)[C@](O)(C(=O)COC(=O)CNC(=O)Oc4cccc(CO[N+](=O)[O-])c4)[C@@]3(C)C[C@H](O)[C@@]12F. The van der Waals surface area contributed by atoms with Crippen molar-refractivity contribution >= 4 is 23.6 Å². The number of esters is 1. The number of hydrogen-bond donors (Lipinski definition) is 4. The summed E-state index contributed by atoms with van der Waals surface area (Å²) in [5, 5.41) is 45.7. The van der Waals surface area contributed by atoms with E-state index >= 15 is 4.39 Å². The van der Waals surface area contributed by atoms with Crippen molar-refractivity contribution in [1.29, 1.82) is 0 Å². The molecule has 0 aromatic heterocycles. The van der Waals surface area contributed by atoms with Gasteiger partial charge >= 0.3 is 12.1 Å². The molecule has 248 valence electrons. The molecule has 4 aliphatic rings. The Hall–Kier alpha value is -4.21. The number of nitrogens with one attached hydrogen (secondary N) is 1. The molecule has 14 nitrogen and oxygen atoms in total. The Morgan fingerprint density at radius 3 is 2.63 bits per heavy atom. The number of allylic oxidation sites excluding steroid dienone is 4. The first kappa shape index (κ1) is 33.2. The van der Waals surface area contributed by atoms with Gasteiger partial charge in [0.1, 0.15) is 18.9 Å². The summed E-state index contributed by atoms with van der Waals surface area (Å²) < 4.78 is 27.2. The molecule has 0 saturated heterocycles. The molecule has 1 aromatic rings. The number of fused-ring (bicyclic) bond motifs is 5. The van der Waals surface area contributed by atoms with E-state index in [0.29, 0.717) is 17.6 Å². The Kier molecular flexibility index (Phi) is 8.55. The van der Waals surface area contributed by atoms with Crippen LogP contribution in [0.25, 0.3) is 0 Å². The van der Waals surface area contributed by atoms with Gasteiger partial charge in [-0.2, -0.15) is 0 Å². The van der Waals surface area contributed by atoms with E-state index < -0.39 is 82.2 Å². The molecule has 8 atom stereocenters. The van der Waals surface area contributed by atoms with Crippen molar-refractivity contribution in [1.82, 2.24) is 5.32 Å². The number of aliphatic hydroxyl groups excluding tert-OH is 2. The van der Waals surface area contributed by atoms with Crippen LogP contribution in [0.2, 0.25) is 0 Å². The molecule has 0 aliphatic heterocycles. The summed E-state index contributed by atoms with van der Waals surface area (Å²) in [6.07, 6.45) is -0.172. The lowest BCUT2D eigenvalue weighted by molar-refractivity contribution is -0.763. The van der Waals surface area contributed by atoms with Crippen LogP contribution >= 0.6 is 0 Å². The van der Waals surface area contributed by atoms with Crippen LogP contribution in [0.5, 0.6) is 5.75 Å². The largest absolute Gasteiger partial charge is 0.456 e. The van der Waals surface area contributed by atoms with Crippen LogP contribution in [0, 0.1) is 32.8 Å². The molecule has 15 heteroatoms. The molecule has 1 aromatic carbocycles. The third-order valence-corrected chi connectivity index (χ3v) is 10.5. The Balaban J connectivity index is 1.21. The molecule has 3 saturated carbocycles. The van der Waals surface area contributed by atoms with E-state index in [1.54, 1.807) is 6.92 Å². The van der Waals surface area contributed by atoms with Crippen molar-refractivity contribution in [3.05, 3.63) is 63.7 Å². The lowest BCUT2D eigenvalue weighted by Crippen LogP contribution is -2.69. The van der Waals surface area contributed by atoms with E-state index in [1.807, 2.05) is 0 Å². The highest BCUT2D eigenvalue weighted by atomic mass is 19.1. The topological polar surface area (TPSA) is 212 Å². The Labute approximate surface area is 262 Å². The van der Waals surface area contributed by atoms with Crippen LogP contribution in [0.15, 0.2) is 48.1 Å². The number of amides is 1. The number of carbonyl (C=O) groups is 4. The molecular formula is C31H35FN2O12. The van der Waals surface area contributed by atoms with E-state index in [4.69, 9.17) is 9.47 Å². The van der Waals surface area contributed by atoms with Crippen molar-refractivity contribution in [2.75, 3.05) is 13.2 Å². The van der Waals surface area contributed by atoms with Crippen molar-refractivity contribution < 1.29 is 58.3 Å². The Morgan fingerprint density at radius 1 is 1.17 bits per heavy atom. The molecule has 0 radical (unpaired) electrons. The normalized spacial score (nSPS) is 36.0. The molecular weight excluding hydrogens is 611 g/mol. The van der Waals surface area contributed by atoms with Gasteiger partial charge in [0.05, 0.1) is 12.2 Å². The van der Waals surface area contributed by atoms with Gasteiger partial charge in [0, 0.05) is 16.7 Å². The van der Waals surface area contributed by atoms with Crippen molar-refractivity contribution in [2.45, 2.75) is 69.6 Å². The maximum atomic E-state index is 17.2. The number of nitrogens with zero attached hydrogens (tertiary/aromatic N) is 1. The number of rotatable bonds is 9. The molecule has 5 rings (SSSR count). The molecule has 3 fully saturated rings. The predicted octanol–water partition coefficient (Wildman–Crippen LogP) is 1.67. The van der Waals surface area contributed by atoms with Gasteiger partial charge < -0.3 is 34.9 Å². The molecule has 0 bridgehead atoms. The number of halogens is 1. The van der Waals surface area contributed by atoms with Gasteiger partial charge in [-0.1, -0.05) is 30.7 Å². The van der Waals surface area contributed by atoms with Gasteiger partial charge in [-0.3, -0.25) is 14.4 Å². The summed E-state index contributed by atoms with van der Waals surface area (Å²) >= 11 is 0. The van der Waals surface area contributed by atoms with Gasteiger partial charge in [-0.05, 0) is 68.4 Å². The van der Waals surface area contributed by atoms with Crippen LogP contribution in [-0.4, -0.2) is 80.7 Å². The number of benzene rings is 1. The second kappa shape index (κ2) is 11.9. The minimum Gasteiger partial charge on any atom is -0.456 e. The number of alkyl halides is 1. The summed E-state index contributed by atoms with van der Waals surface area (Å²) in [5.74, 6) is -3.97. The van der Waals surface area contributed by atoms with Gasteiger partial charge in [0.25, 0.3) is 5.09 Å². The highest BCUT2D eigenvalue weighted by Gasteiger charge is 2.76. The second-order valence-electron chi connectivity index (χ2n) is 12.8. The first-order valence-corrected chi connectivity index (χ1v) is 14.8. The van der Waals surface area contributed by atoms with Crippen molar-refractivity contribution in [3.63, 3.8) is 0 Å². The molecule has 4 aliphatic carbocycles. The van der Waals surface area contributed by atoms with Gasteiger partial charge in [-0.15, -0.1) is 10.1 Å². The van der Waals surface area contributed by atoms with Crippen LogP contribution in [0.3, 0.4) is 0 Å². The quantitative estimate of drug-likeness (QED) is 0.171. The van der Waals surface area contributed by atoms with Crippen LogP contribution < -0.4 is 10.1 Å². The average Bonchev–Trinajstić information content (AvgIpc) is 3.20. The lowest BCUT2D eigenvalue weighted by atomic mass is 9.44. The maximum Gasteiger partial charge on any atom is 0.413 e. The van der Waals surface area contributed by atoms with Crippen LogP contribution in [-0.2, 0) is 30.6 Å². The average molecular weight is 647 g/mol. The highest BCUT2D eigenvalue weighted by molar-refractivity contribution is 6.01. The maximum absolute atomic E-state index is 17.2. The van der Waals surface area contributed by atoms with E-state index in [1.165, 1.54) is 49.4 Å². The van der Waals surface area contributed by atoms with Crippen molar-refractivity contribution in [3.8, 4) is 5.75 Å². The van der Waals surface area contributed by atoms with E-state index in [-0.39, 0.29) is 37.4 Å². The number of aliphatic hydroxyl groups is 3. The standard InChI is InChI=1S/C31H35FN2O12/c1-28-9-8-19(35)11-18(28)6-7-21-22-12-23(36)31(41,29(22,2)13-24(37)30(21,28)32)25(38)16-44-26(39)14-33-27(40)46-20-5-3-4-17(10-20)15-45-34(42)43/h3-5,8-11,21-24,36-37,41H,6-7,12-16H2,1-2H3,(H,33,40)/t21-,22-,23+,24-,28-,29-,30-,31-/m0/s1. The predicted molar refractivity (Wildman–Crippen MR) is 153 cm³/mol. The minimum absolute atomic E-state index is 0.00454. The first-order chi connectivity index (χ1) is 21.6. The number of hydrogen-bond acceptors (Lipinski definition) is 12. The molecule has 46 heavy (non-hydrogen) atoms. The summed E-state index contributed by atoms with van der Waals surface area (Å²) in [5.41, 5.74) is -6.59. The molecule has 1 amide bonds. The van der Waals surface area contributed by atoms with Gasteiger partial charge in [-0.25, -0.2) is 9.18 Å². The molecule has 0 heterocycles. The summed E-state index contributed by atoms with van der Waals surface area (Å²) in [6, 6.07) is 5.67. The summed E-state index contributed by atoms with van der Waals surface area (Å²) in [6.45, 7) is 1.06. The Bertz CT molecular complexity index is 1530. The fraction of sp³-hybridized carbons (Fsp3) is 0.548. The smallest absolute Gasteiger partial charge is 0.413 e. The zero-order valence-electron chi connectivity index (χ0n) is 25.1. The third-order valence-electron chi connectivity index (χ3n) is 10.5. The number of ether oxygens (including phenoxy) is 2. The fourth-order valence-electron chi connectivity index (χ4n) is 8.15. The number of ketones is 2. The number of carbonyl (C=O) groups excluding carboxylic acids is 4. The van der Waals surface area contributed by atoms with E-state index in [9.17, 15) is 44.6 Å². The zero-order valence-corrected chi connectivity index (χ0v) is 25.1. The van der Waals surface area contributed by atoms with Crippen LogP contribution in [0.1, 0.15) is 45.1 Å². The Morgan fingerprint density at radius 2 is 1.91 bits per heavy atom. The first-order valence-electron chi connectivity index (χ1n) is 14.8. The third kappa shape index (κ3) is 5.25. The van der Waals surface area contributed by atoms with E-state index in [2.05, 4.69) is 10.2 Å².